The molecule has 1 rings (SSSR count). The third-order valence-corrected chi connectivity index (χ3v) is 2.56. The highest BCUT2D eigenvalue weighted by Crippen LogP contribution is 2.21. The topological polar surface area (TPSA) is 38.9 Å². The first kappa shape index (κ1) is 7.18. The molecular formula is C5H7BrN2S. The smallest absolute Gasteiger partial charge is 0.0848 e. The van der Waals surface area contributed by atoms with Crippen LogP contribution < -0.4 is 5.73 Å². The van der Waals surface area contributed by atoms with Crippen molar-refractivity contribution in [2.45, 2.75) is 13.0 Å². The molecule has 1 heterocycles. The Morgan fingerprint density at radius 2 is 2.56 bits per heavy atom. The van der Waals surface area contributed by atoms with Crippen LogP contribution in [0.1, 0.15) is 18.7 Å². The summed E-state index contributed by atoms with van der Waals surface area (Å²) < 4.78 is 5.10. The van der Waals surface area contributed by atoms with E-state index in [1.165, 1.54) is 11.5 Å². The fraction of sp³-hybridized carbons (Fsp3) is 0.400. The molecule has 0 saturated carbocycles. The van der Waals surface area contributed by atoms with Gasteiger partial charge in [-0.05, 0) is 34.4 Å². The lowest BCUT2D eigenvalue weighted by Crippen LogP contribution is -2.05. The average molecular weight is 207 g/mol. The number of nitrogens with zero attached hydrogens (tertiary/aromatic N) is 1. The number of hydrogen-bond donors (Lipinski definition) is 1. The van der Waals surface area contributed by atoms with Gasteiger partial charge in [0.05, 0.1) is 10.2 Å². The quantitative estimate of drug-likeness (QED) is 0.764. The monoisotopic (exact) mass is 206 g/mol. The fourth-order valence-electron chi connectivity index (χ4n) is 0.534. The summed E-state index contributed by atoms with van der Waals surface area (Å²) in [6, 6.07) is 0.0330. The summed E-state index contributed by atoms with van der Waals surface area (Å²) in [4.78, 5) is 0. The van der Waals surface area contributed by atoms with Crippen molar-refractivity contribution in [3.63, 3.8) is 0 Å². The van der Waals surface area contributed by atoms with E-state index in [0.29, 0.717) is 0 Å². The van der Waals surface area contributed by atoms with E-state index in [4.69, 9.17) is 5.73 Å². The van der Waals surface area contributed by atoms with Gasteiger partial charge < -0.3 is 5.73 Å². The second-order valence-electron chi connectivity index (χ2n) is 1.84. The van der Waals surface area contributed by atoms with E-state index in [0.717, 1.165) is 10.2 Å². The first-order chi connectivity index (χ1) is 4.22. The van der Waals surface area contributed by atoms with Gasteiger partial charge in [0, 0.05) is 11.4 Å². The maximum absolute atomic E-state index is 5.57. The van der Waals surface area contributed by atoms with Gasteiger partial charge in [-0.3, -0.25) is 0 Å². The van der Waals surface area contributed by atoms with E-state index < -0.39 is 0 Å². The minimum atomic E-state index is 0.0330. The largest absolute Gasteiger partial charge is 0.323 e. The van der Waals surface area contributed by atoms with Gasteiger partial charge in [-0.25, -0.2) is 0 Å². The summed E-state index contributed by atoms with van der Waals surface area (Å²) in [6.07, 6.45) is 0. The molecule has 0 radical (unpaired) electrons. The molecule has 0 amide bonds. The van der Waals surface area contributed by atoms with Crippen molar-refractivity contribution in [1.29, 1.82) is 0 Å². The van der Waals surface area contributed by atoms with Crippen LogP contribution in [0.5, 0.6) is 0 Å². The van der Waals surface area contributed by atoms with Gasteiger partial charge in [-0.15, -0.1) is 0 Å². The van der Waals surface area contributed by atoms with Crippen LogP contribution in [0.3, 0.4) is 0 Å². The van der Waals surface area contributed by atoms with Crippen LogP contribution in [0.4, 0.5) is 0 Å². The zero-order valence-corrected chi connectivity index (χ0v) is 7.37. The maximum atomic E-state index is 5.57. The zero-order valence-electron chi connectivity index (χ0n) is 4.97. The Morgan fingerprint density at radius 3 is 2.78 bits per heavy atom. The van der Waals surface area contributed by atoms with Gasteiger partial charge in [-0.2, -0.15) is 4.37 Å². The summed E-state index contributed by atoms with van der Waals surface area (Å²) in [6.45, 7) is 1.92. The molecule has 0 bridgehead atoms. The number of rotatable bonds is 1. The van der Waals surface area contributed by atoms with E-state index >= 15 is 0 Å². The molecule has 0 aliphatic heterocycles. The van der Waals surface area contributed by atoms with Crippen LogP contribution in [-0.2, 0) is 0 Å². The highest BCUT2D eigenvalue weighted by Gasteiger charge is 2.05. The number of hydrogen-bond acceptors (Lipinski definition) is 3. The Balaban J connectivity index is 2.94. The predicted molar refractivity (Wildman–Crippen MR) is 42.4 cm³/mol. The molecule has 0 aliphatic carbocycles. The van der Waals surface area contributed by atoms with E-state index in [9.17, 15) is 0 Å². The Hall–Kier alpha value is 0.0700. The van der Waals surface area contributed by atoms with Crippen molar-refractivity contribution in [3.8, 4) is 0 Å². The van der Waals surface area contributed by atoms with Crippen LogP contribution in [0.25, 0.3) is 0 Å². The van der Waals surface area contributed by atoms with Crippen molar-refractivity contribution < 1.29 is 0 Å². The van der Waals surface area contributed by atoms with Gasteiger partial charge in [0.1, 0.15) is 0 Å². The lowest BCUT2D eigenvalue weighted by atomic mass is 10.3. The van der Waals surface area contributed by atoms with Gasteiger partial charge in [0.25, 0.3) is 0 Å². The molecule has 9 heavy (non-hydrogen) atoms. The molecule has 1 atom stereocenters. The summed E-state index contributed by atoms with van der Waals surface area (Å²) in [5.74, 6) is 0. The molecule has 0 spiro atoms. The lowest BCUT2D eigenvalue weighted by Gasteiger charge is -1.98. The molecular weight excluding hydrogens is 200 g/mol. The van der Waals surface area contributed by atoms with Crippen molar-refractivity contribution >= 4 is 27.5 Å². The Labute approximate surface area is 66.4 Å². The summed E-state index contributed by atoms with van der Waals surface area (Å²) >= 11 is 4.75. The van der Waals surface area contributed by atoms with Crippen molar-refractivity contribution in [2.24, 2.45) is 5.73 Å². The van der Waals surface area contributed by atoms with Crippen molar-refractivity contribution in [3.05, 3.63) is 15.5 Å². The van der Waals surface area contributed by atoms with Crippen LogP contribution in [-0.4, -0.2) is 4.37 Å². The van der Waals surface area contributed by atoms with Crippen LogP contribution >= 0.6 is 27.5 Å². The molecule has 1 aromatic rings. The van der Waals surface area contributed by atoms with Gasteiger partial charge in [0.2, 0.25) is 0 Å². The summed E-state index contributed by atoms with van der Waals surface area (Å²) in [7, 11) is 0. The van der Waals surface area contributed by atoms with Gasteiger partial charge in [0.15, 0.2) is 0 Å². The summed E-state index contributed by atoms with van der Waals surface area (Å²) in [5.41, 5.74) is 6.52. The third kappa shape index (κ3) is 1.50. The highest BCUT2D eigenvalue weighted by atomic mass is 79.9. The van der Waals surface area contributed by atoms with Crippen molar-refractivity contribution in [2.75, 3.05) is 0 Å². The van der Waals surface area contributed by atoms with Gasteiger partial charge in [-0.1, -0.05) is 0 Å². The van der Waals surface area contributed by atoms with E-state index in [-0.39, 0.29) is 6.04 Å². The second-order valence-corrected chi connectivity index (χ2v) is 3.32. The van der Waals surface area contributed by atoms with Crippen LogP contribution in [0.15, 0.2) is 9.85 Å². The Kier molecular flexibility index (Phi) is 2.21. The molecule has 0 aliphatic rings. The van der Waals surface area contributed by atoms with E-state index in [1.54, 1.807) is 0 Å². The third-order valence-electron chi connectivity index (χ3n) is 0.983. The molecule has 2 nitrogen and oxygen atoms in total. The van der Waals surface area contributed by atoms with E-state index in [1.807, 2.05) is 12.3 Å². The van der Waals surface area contributed by atoms with Gasteiger partial charge >= 0.3 is 0 Å². The molecule has 4 heteroatoms. The van der Waals surface area contributed by atoms with Crippen LogP contribution in [0.2, 0.25) is 0 Å². The molecule has 1 unspecified atom stereocenters. The maximum Gasteiger partial charge on any atom is 0.0848 e. The Bertz CT molecular complexity index is 197. The predicted octanol–water partition coefficient (Wildman–Crippen LogP) is 1.93. The molecule has 1 aromatic heterocycles. The molecule has 50 valence electrons. The molecule has 0 saturated heterocycles. The van der Waals surface area contributed by atoms with E-state index in [2.05, 4.69) is 20.3 Å². The number of nitrogens with two attached hydrogens (primary N) is 1. The number of aromatic nitrogens is 1. The second kappa shape index (κ2) is 2.77. The zero-order chi connectivity index (χ0) is 6.85. The number of halogens is 1. The lowest BCUT2D eigenvalue weighted by molar-refractivity contribution is 0.791. The Morgan fingerprint density at radius 1 is 1.89 bits per heavy atom. The minimum absolute atomic E-state index is 0.0330. The first-order valence-electron chi connectivity index (χ1n) is 2.57. The molecule has 0 fully saturated rings. The highest BCUT2D eigenvalue weighted by molar-refractivity contribution is 9.10. The fourth-order valence-corrected chi connectivity index (χ4v) is 2.00. The normalized spacial score (nSPS) is 13.7. The standard InChI is InChI=1S/C5H7BrN2S/c1-3(7)5-4(6)2-9-8-5/h2-3H,7H2,1H3. The molecule has 2 N–H and O–H groups in total. The first-order valence-corrected chi connectivity index (χ1v) is 4.20. The van der Waals surface area contributed by atoms with Crippen LogP contribution in [0, 0.1) is 0 Å². The average Bonchev–Trinajstić information content (AvgIpc) is 2.13. The molecule has 0 aromatic carbocycles. The van der Waals surface area contributed by atoms with Crippen molar-refractivity contribution in [1.82, 2.24) is 4.37 Å². The summed E-state index contributed by atoms with van der Waals surface area (Å²) in [5, 5.41) is 1.93. The SMILES string of the molecule is CC(N)c1nscc1Br. The minimum Gasteiger partial charge on any atom is -0.323 e.